The minimum atomic E-state index is -0.511. The van der Waals surface area contributed by atoms with Gasteiger partial charge in [0.15, 0.2) is 0 Å². The van der Waals surface area contributed by atoms with Crippen LogP contribution in [-0.2, 0) is 9.53 Å². The number of hydrogen-bond donors (Lipinski definition) is 2. The monoisotopic (exact) mass is 315 g/mol. The molecule has 3 N–H and O–H groups in total. The van der Waals surface area contributed by atoms with Crippen LogP contribution in [0.2, 0.25) is 0 Å². The number of nitrogens with zero attached hydrogens (tertiary/aromatic N) is 1. The molecule has 2 aromatic rings. The minimum Gasteiger partial charge on any atom is -0.469 e. The van der Waals surface area contributed by atoms with Crippen molar-refractivity contribution < 1.29 is 14.5 Å². The number of methoxy groups -OCH3 is 1. The second-order valence-electron chi connectivity index (χ2n) is 4.92. The molecular formula is C16H17N3O4. The van der Waals surface area contributed by atoms with E-state index in [2.05, 4.69) is 5.32 Å². The van der Waals surface area contributed by atoms with Crippen molar-refractivity contribution in [2.24, 2.45) is 0 Å². The van der Waals surface area contributed by atoms with E-state index in [4.69, 9.17) is 10.5 Å². The van der Waals surface area contributed by atoms with Gasteiger partial charge in [-0.1, -0.05) is 30.3 Å². The first-order valence-electron chi connectivity index (χ1n) is 6.93. The van der Waals surface area contributed by atoms with Crippen LogP contribution >= 0.6 is 0 Å². The van der Waals surface area contributed by atoms with Gasteiger partial charge in [-0.3, -0.25) is 14.9 Å². The Morgan fingerprint density at radius 3 is 2.57 bits per heavy atom. The third-order valence-electron chi connectivity index (χ3n) is 3.38. The summed E-state index contributed by atoms with van der Waals surface area (Å²) in [5.74, 6) is -0.369. The average molecular weight is 315 g/mol. The van der Waals surface area contributed by atoms with Gasteiger partial charge in [0.1, 0.15) is 0 Å². The summed E-state index contributed by atoms with van der Waals surface area (Å²) in [6.07, 6.45) is 0.108. The molecule has 0 aromatic heterocycles. The highest BCUT2D eigenvalue weighted by molar-refractivity contribution is 5.73. The van der Waals surface area contributed by atoms with Crippen LogP contribution in [0.4, 0.5) is 17.1 Å². The number of rotatable bonds is 6. The third kappa shape index (κ3) is 4.19. The van der Waals surface area contributed by atoms with Gasteiger partial charge in [0.2, 0.25) is 0 Å². The number of nitrogen functional groups attached to an aromatic ring is 1. The average Bonchev–Trinajstić information content (AvgIpc) is 2.56. The first kappa shape index (κ1) is 16.3. The molecule has 7 heteroatoms. The lowest BCUT2D eigenvalue weighted by atomic mass is 10.0. The maximum Gasteiger partial charge on any atom is 0.307 e. The first-order chi connectivity index (χ1) is 11.0. The van der Waals surface area contributed by atoms with Crippen LogP contribution in [0.15, 0.2) is 48.5 Å². The molecule has 0 aliphatic carbocycles. The Bertz CT molecular complexity index is 704. The number of esters is 1. The van der Waals surface area contributed by atoms with Gasteiger partial charge < -0.3 is 15.8 Å². The van der Waals surface area contributed by atoms with E-state index in [1.165, 1.54) is 25.3 Å². The van der Waals surface area contributed by atoms with Gasteiger partial charge in [0, 0.05) is 12.1 Å². The van der Waals surface area contributed by atoms with Gasteiger partial charge >= 0.3 is 5.97 Å². The van der Waals surface area contributed by atoms with Gasteiger partial charge in [0.05, 0.1) is 35.9 Å². The molecule has 0 saturated carbocycles. The summed E-state index contributed by atoms with van der Waals surface area (Å²) in [6, 6.07) is 13.2. The highest BCUT2D eigenvalue weighted by Gasteiger charge is 2.18. The van der Waals surface area contributed by atoms with Crippen molar-refractivity contribution in [3.63, 3.8) is 0 Å². The molecule has 0 aliphatic rings. The van der Waals surface area contributed by atoms with Crippen LogP contribution in [0.5, 0.6) is 0 Å². The number of non-ortho nitro benzene ring substituents is 1. The molecule has 0 unspecified atom stereocenters. The molecule has 120 valence electrons. The Kier molecular flexibility index (Phi) is 5.14. The van der Waals surface area contributed by atoms with Gasteiger partial charge in [-0.15, -0.1) is 0 Å². The zero-order valence-electron chi connectivity index (χ0n) is 12.6. The summed E-state index contributed by atoms with van der Waals surface area (Å²) in [5, 5.41) is 13.9. The molecule has 0 fully saturated rings. The van der Waals surface area contributed by atoms with Crippen molar-refractivity contribution in [1.82, 2.24) is 0 Å². The van der Waals surface area contributed by atoms with Gasteiger partial charge in [-0.05, 0) is 11.6 Å². The predicted octanol–water partition coefficient (Wildman–Crippen LogP) is 2.89. The van der Waals surface area contributed by atoms with Crippen LogP contribution in [0, 0.1) is 10.1 Å². The Labute approximate surface area is 133 Å². The molecule has 0 amide bonds. The van der Waals surface area contributed by atoms with Gasteiger partial charge in [0.25, 0.3) is 5.69 Å². The zero-order valence-corrected chi connectivity index (χ0v) is 12.6. The summed E-state index contributed by atoms with van der Waals surface area (Å²) in [7, 11) is 1.32. The van der Waals surface area contributed by atoms with Crippen LogP contribution in [0.3, 0.4) is 0 Å². The number of benzene rings is 2. The third-order valence-corrected chi connectivity index (χ3v) is 3.38. The van der Waals surface area contributed by atoms with Crippen molar-refractivity contribution in [3.05, 3.63) is 64.2 Å². The van der Waals surface area contributed by atoms with Gasteiger partial charge in [-0.25, -0.2) is 0 Å². The lowest BCUT2D eigenvalue weighted by Crippen LogP contribution is -2.17. The van der Waals surface area contributed by atoms with Crippen molar-refractivity contribution >= 4 is 23.0 Å². The van der Waals surface area contributed by atoms with Gasteiger partial charge in [-0.2, -0.15) is 0 Å². The summed E-state index contributed by atoms with van der Waals surface area (Å²) in [6.45, 7) is 0. The smallest absolute Gasteiger partial charge is 0.307 e. The summed E-state index contributed by atoms with van der Waals surface area (Å²) in [5.41, 5.74) is 7.43. The minimum absolute atomic E-state index is 0.0859. The Morgan fingerprint density at radius 2 is 2.00 bits per heavy atom. The fraction of sp³-hybridized carbons (Fsp3) is 0.188. The molecule has 0 heterocycles. The van der Waals surface area contributed by atoms with Crippen molar-refractivity contribution in [3.8, 4) is 0 Å². The zero-order chi connectivity index (χ0) is 16.8. The number of carbonyl (C=O) groups excluding carboxylic acids is 1. The largest absolute Gasteiger partial charge is 0.469 e. The summed E-state index contributed by atoms with van der Waals surface area (Å²) >= 11 is 0. The molecule has 0 bridgehead atoms. The molecule has 2 rings (SSSR count). The van der Waals surface area contributed by atoms with Crippen LogP contribution < -0.4 is 11.1 Å². The molecule has 0 spiro atoms. The van der Waals surface area contributed by atoms with E-state index in [9.17, 15) is 14.9 Å². The lowest BCUT2D eigenvalue weighted by Gasteiger charge is -2.20. The number of ether oxygens (including phenoxy) is 1. The number of anilines is 2. The van der Waals surface area contributed by atoms with E-state index in [1.807, 2.05) is 30.3 Å². The quantitative estimate of drug-likeness (QED) is 0.367. The number of carbonyl (C=O) groups is 1. The Balaban J connectivity index is 2.27. The van der Waals surface area contributed by atoms with Crippen LogP contribution in [0.25, 0.3) is 0 Å². The molecule has 0 aliphatic heterocycles. The number of nitrogens with one attached hydrogen (secondary N) is 1. The predicted molar refractivity (Wildman–Crippen MR) is 86.9 cm³/mol. The van der Waals surface area contributed by atoms with E-state index in [0.29, 0.717) is 5.69 Å². The Hall–Kier alpha value is -3.09. The summed E-state index contributed by atoms with van der Waals surface area (Å²) in [4.78, 5) is 21.9. The van der Waals surface area contributed by atoms with Crippen LogP contribution in [0.1, 0.15) is 18.0 Å². The molecule has 0 saturated heterocycles. The highest BCUT2D eigenvalue weighted by atomic mass is 16.6. The SMILES string of the molecule is COC(=O)C[C@@H](Nc1ccc([N+](=O)[O-])cc1N)c1ccccc1. The standard InChI is InChI=1S/C16H17N3O4/c1-23-16(20)10-15(11-5-3-2-4-6-11)18-14-8-7-12(19(21)22)9-13(14)17/h2-9,15,18H,10,17H2,1H3/t15-/m1/s1. The number of nitrogens with two attached hydrogens (primary N) is 1. The number of nitro groups is 1. The van der Waals surface area contributed by atoms with E-state index in [1.54, 1.807) is 0 Å². The maximum absolute atomic E-state index is 11.6. The molecular weight excluding hydrogens is 298 g/mol. The van der Waals surface area contributed by atoms with Crippen molar-refractivity contribution in [2.75, 3.05) is 18.2 Å². The van der Waals surface area contributed by atoms with Crippen molar-refractivity contribution in [1.29, 1.82) is 0 Å². The highest BCUT2D eigenvalue weighted by Crippen LogP contribution is 2.29. The van der Waals surface area contributed by atoms with E-state index in [0.717, 1.165) is 5.56 Å². The van der Waals surface area contributed by atoms with Crippen LogP contribution in [-0.4, -0.2) is 18.0 Å². The Morgan fingerprint density at radius 1 is 1.30 bits per heavy atom. The molecule has 7 nitrogen and oxygen atoms in total. The fourth-order valence-electron chi connectivity index (χ4n) is 2.17. The lowest BCUT2D eigenvalue weighted by molar-refractivity contribution is -0.384. The van der Waals surface area contributed by atoms with Crippen molar-refractivity contribution in [2.45, 2.75) is 12.5 Å². The number of nitro benzene ring substituents is 1. The normalized spacial score (nSPS) is 11.5. The maximum atomic E-state index is 11.6. The molecule has 23 heavy (non-hydrogen) atoms. The van der Waals surface area contributed by atoms with E-state index >= 15 is 0 Å². The topological polar surface area (TPSA) is 107 Å². The number of hydrogen-bond acceptors (Lipinski definition) is 6. The second kappa shape index (κ2) is 7.26. The summed E-state index contributed by atoms with van der Waals surface area (Å²) < 4.78 is 4.72. The molecule has 0 radical (unpaired) electrons. The fourth-order valence-corrected chi connectivity index (χ4v) is 2.17. The second-order valence-corrected chi connectivity index (χ2v) is 4.92. The van der Waals surface area contributed by atoms with E-state index < -0.39 is 4.92 Å². The molecule has 2 aromatic carbocycles. The van der Waals surface area contributed by atoms with E-state index in [-0.39, 0.29) is 29.8 Å². The first-order valence-corrected chi connectivity index (χ1v) is 6.93. The molecule has 1 atom stereocenters.